The van der Waals surface area contributed by atoms with E-state index in [1.165, 1.54) is 12.9 Å². The van der Waals surface area contributed by atoms with E-state index in [0.29, 0.717) is 17.9 Å². The Morgan fingerprint density at radius 1 is 1.38 bits per heavy atom. The summed E-state index contributed by atoms with van der Waals surface area (Å²) in [4.78, 5) is 12.1. The molecule has 1 unspecified atom stereocenters. The van der Waals surface area contributed by atoms with Crippen LogP contribution in [0.15, 0.2) is 0 Å². The van der Waals surface area contributed by atoms with Crippen molar-refractivity contribution >= 4 is 23.7 Å². The molecule has 0 bridgehead atoms. The fourth-order valence-electron chi connectivity index (χ4n) is 1.41. The molecule has 1 aliphatic heterocycles. The molecule has 16 heavy (non-hydrogen) atoms. The van der Waals surface area contributed by atoms with Crippen molar-refractivity contribution in [2.45, 2.75) is 12.5 Å². The number of nitrogens with one attached hydrogen (secondary N) is 2. The molecule has 1 fully saturated rings. The number of rotatable bonds is 4. The first-order chi connectivity index (χ1) is 7.81. The van der Waals surface area contributed by atoms with Gasteiger partial charge < -0.3 is 10.1 Å². The third-order valence-electron chi connectivity index (χ3n) is 2.19. The van der Waals surface area contributed by atoms with E-state index in [0.717, 1.165) is 12.2 Å². The van der Waals surface area contributed by atoms with E-state index in [1.54, 1.807) is 0 Å². The molecule has 0 spiro atoms. The van der Waals surface area contributed by atoms with Crippen LogP contribution < -0.4 is 21.3 Å². The van der Waals surface area contributed by atoms with Crippen molar-refractivity contribution in [1.82, 2.24) is 15.0 Å². The van der Waals surface area contributed by atoms with Crippen LogP contribution in [0.3, 0.4) is 0 Å². The Balaban J connectivity index is 2.12. The quantitative estimate of drug-likeness (QED) is 0.504. The molecule has 88 valence electrons. The minimum atomic E-state index is 0.246. The van der Waals surface area contributed by atoms with Crippen LogP contribution in [0, 0.1) is 0 Å². The van der Waals surface area contributed by atoms with Gasteiger partial charge >= 0.3 is 6.01 Å². The summed E-state index contributed by atoms with van der Waals surface area (Å²) >= 11 is 1.92. The van der Waals surface area contributed by atoms with Crippen molar-refractivity contribution in [1.29, 1.82) is 0 Å². The molecular weight excluding hydrogens is 228 g/mol. The molecule has 1 aromatic heterocycles. The van der Waals surface area contributed by atoms with Gasteiger partial charge in [-0.1, -0.05) is 0 Å². The van der Waals surface area contributed by atoms with E-state index in [1.807, 2.05) is 11.8 Å². The van der Waals surface area contributed by atoms with Gasteiger partial charge in [-0.25, -0.2) is 5.84 Å². The number of aromatic nitrogens is 3. The summed E-state index contributed by atoms with van der Waals surface area (Å²) < 4.78 is 4.96. The van der Waals surface area contributed by atoms with Crippen molar-refractivity contribution in [3.8, 4) is 6.01 Å². The van der Waals surface area contributed by atoms with Crippen LogP contribution in [0.2, 0.25) is 0 Å². The van der Waals surface area contributed by atoms with Gasteiger partial charge in [-0.15, -0.1) is 0 Å². The fourth-order valence-corrected chi connectivity index (χ4v) is 2.56. The zero-order valence-electron chi connectivity index (χ0n) is 8.93. The number of hydrogen-bond acceptors (Lipinski definition) is 8. The van der Waals surface area contributed by atoms with Gasteiger partial charge in [0.05, 0.1) is 7.11 Å². The maximum absolute atomic E-state index is 5.26. The Labute approximate surface area is 97.6 Å². The standard InChI is InChI=1S/C8H14N6OS/c1-15-8-12-6(11-7(13-8)14-9)10-5-2-3-16-4-5/h5H,2-4,9H2,1H3,(H2,10,11,12,13,14). The molecule has 1 saturated heterocycles. The average molecular weight is 242 g/mol. The highest BCUT2D eigenvalue weighted by molar-refractivity contribution is 7.99. The van der Waals surface area contributed by atoms with E-state index in [-0.39, 0.29) is 6.01 Å². The van der Waals surface area contributed by atoms with E-state index in [4.69, 9.17) is 10.6 Å². The minimum absolute atomic E-state index is 0.246. The Hall–Kier alpha value is -1.28. The van der Waals surface area contributed by atoms with Gasteiger partial charge in [0.1, 0.15) is 0 Å². The number of nitrogens with two attached hydrogens (primary N) is 1. The maximum atomic E-state index is 5.26. The second-order valence-corrected chi connectivity index (χ2v) is 4.47. The van der Waals surface area contributed by atoms with E-state index < -0.39 is 0 Å². The first-order valence-electron chi connectivity index (χ1n) is 4.93. The van der Waals surface area contributed by atoms with Gasteiger partial charge in [-0.05, 0) is 12.2 Å². The highest BCUT2D eigenvalue weighted by Crippen LogP contribution is 2.20. The van der Waals surface area contributed by atoms with Gasteiger partial charge in [-0.3, -0.25) is 5.43 Å². The molecule has 0 aromatic carbocycles. The molecular formula is C8H14N6OS. The summed E-state index contributed by atoms with van der Waals surface area (Å²) in [6.45, 7) is 0. The summed E-state index contributed by atoms with van der Waals surface area (Å²) in [6.07, 6.45) is 1.12. The molecule has 1 aliphatic rings. The lowest BCUT2D eigenvalue weighted by molar-refractivity contribution is 0.379. The molecule has 2 heterocycles. The van der Waals surface area contributed by atoms with Crippen LogP contribution in [0.5, 0.6) is 6.01 Å². The molecule has 7 nitrogen and oxygen atoms in total. The molecule has 0 aliphatic carbocycles. The largest absolute Gasteiger partial charge is 0.467 e. The first-order valence-corrected chi connectivity index (χ1v) is 6.08. The molecule has 4 N–H and O–H groups in total. The van der Waals surface area contributed by atoms with Crippen molar-refractivity contribution in [3.05, 3.63) is 0 Å². The van der Waals surface area contributed by atoms with Crippen LogP contribution >= 0.6 is 11.8 Å². The van der Waals surface area contributed by atoms with Crippen molar-refractivity contribution in [2.75, 3.05) is 29.4 Å². The summed E-state index contributed by atoms with van der Waals surface area (Å²) in [5.41, 5.74) is 2.38. The monoisotopic (exact) mass is 242 g/mol. The summed E-state index contributed by atoms with van der Waals surface area (Å²) in [5.74, 6) is 8.28. The second-order valence-electron chi connectivity index (χ2n) is 3.32. The van der Waals surface area contributed by atoms with E-state index in [2.05, 4.69) is 25.7 Å². The lowest BCUT2D eigenvalue weighted by Crippen LogP contribution is -2.21. The number of thioether (sulfide) groups is 1. The number of ether oxygens (including phenoxy) is 1. The number of nitrogen functional groups attached to an aromatic ring is 1. The smallest absolute Gasteiger partial charge is 0.322 e. The van der Waals surface area contributed by atoms with Gasteiger partial charge in [-0.2, -0.15) is 26.7 Å². The zero-order valence-corrected chi connectivity index (χ0v) is 9.75. The summed E-state index contributed by atoms with van der Waals surface area (Å²) in [7, 11) is 1.50. The van der Waals surface area contributed by atoms with Crippen molar-refractivity contribution < 1.29 is 4.74 Å². The molecule has 0 saturated carbocycles. The number of hydrazine groups is 1. The lowest BCUT2D eigenvalue weighted by Gasteiger charge is -2.12. The second kappa shape index (κ2) is 5.17. The van der Waals surface area contributed by atoms with Crippen LogP contribution in [0.4, 0.5) is 11.9 Å². The molecule has 0 amide bonds. The highest BCUT2D eigenvalue weighted by atomic mass is 32.2. The van der Waals surface area contributed by atoms with Gasteiger partial charge in [0, 0.05) is 11.8 Å². The Morgan fingerprint density at radius 3 is 2.81 bits per heavy atom. The van der Waals surface area contributed by atoms with Crippen molar-refractivity contribution in [3.63, 3.8) is 0 Å². The van der Waals surface area contributed by atoms with E-state index >= 15 is 0 Å². The predicted molar refractivity (Wildman–Crippen MR) is 63.5 cm³/mol. The van der Waals surface area contributed by atoms with Gasteiger partial charge in [0.2, 0.25) is 11.9 Å². The van der Waals surface area contributed by atoms with Crippen LogP contribution in [-0.4, -0.2) is 39.6 Å². The highest BCUT2D eigenvalue weighted by Gasteiger charge is 2.17. The molecule has 1 atom stereocenters. The first kappa shape index (κ1) is 11.2. The average Bonchev–Trinajstić information content (AvgIpc) is 2.81. The Bertz CT molecular complexity index is 334. The lowest BCUT2D eigenvalue weighted by atomic mass is 10.3. The Morgan fingerprint density at radius 2 is 2.19 bits per heavy atom. The minimum Gasteiger partial charge on any atom is -0.467 e. The number of anilines is 2. The summed E-state index contributed by atoms with van der Waals surface area (Å²) in [6, 6.07) is 0.652. The molecule has 2 rings (SSSR count). The molecule has 1 aromatic rings. The normalized spacial score (nSPS) is 19.5. The van der Waals surface area contributed by atoms with Crippen molar-refractivity contribution in [2.24, 2.45) is 5.84 Å². The van der Waals surface area contributed by atoms with Gasteiger partial charge in [0.15, 0.2) is 0 Å². The summed E-state index contributed by atoms with van der Waals surface area (Å²) in [5, 5.41) is 3.23. The van der Waals surface area contributed by atoms with Crippen LogP contribution in [0.1, 0.15) is 6.42 Å². The topological polar surface area (TPSA) is 98.0 Å². The molecule has 8 heteroatoms. The molecule has 0 radical (unpaired) electrons. The SMILES string of the molecule is COc1nc(NN)nc(NC2CCSC2)n1. The third kappa shape index (κ3) is 2.64. The third-order valence-corrected chi connectivity index (χ3v) is 3.35. The van der Waals surface area contributed by atoms with E-state index in [9.17, 15) is 0 Å². The number of methoxy groups -OCH3 is 1. The predicted octanol–water partition coefficient (Wildman–Crippen LogP) is 0.0832. The number of nitrogens with zero attached hydrogens (tertiary/aromatic N) is 3. The Kier molecular flexibility index (Phi) is 3.62. The van der Waals surface area contributed by atoms with Crippen LogP contribution in [-0.2, 0) is 0 Å². The van der Waals surface area contributed by atoms with Gasteiger partial charge in [0.25, 0.3) is 0 Å². The zero-order chi connectivity index (χ0) is 11.4. The number of hydrogen-bond donors (Lipinski definition) is 3. The fraction of sp³-hybridized carbons (Fsp3) is 0.625. The van der Waals surface area contributed by atoms with Crippen LogP contribution in [0.25, 0.3) is 0 Å². The maximum Gasteiger partial charge on any atom is 0.322 e.